The molecule has 0 heterocycles. The molecule has 0 unspecified atom stereocenters. The predicted octanol–water partition coefficient (Wildman–Crippen LogP) is 3.36. The van der Waals surface area contributed by atoms with Gasteiger partial charge in [0.25, 0.3) is 11.8 Å². The molecule has 2 aromatic carbocycles. The molecule has 0 saturated carbocycles. The Labute approximate surface area is 176 Å². The van der Waals surface area contributed by atoms with Gasteiger partial charge in [0.05, 0.1) is 11.5 Å². The summed E-state index contributed by atoms with van der Waals surface area (Å²) >= 11 is 1.56. The lowest BCUT2D eigenvalue weighted by Gasteiger charge is -2.10. The Morgan fingerprint density at radius 3 is 2.41 bits per heavy atom. The van der Waals surface area contributed by atoms with Crippen molar-refractivity contribution in [3.05, 3.63) is 65.7 Å². The van der Waals surface area contributed by atoms with Crippen LogP contribution in [0.25, 0.3) is 0 Å². The highest BCUT2D eigenvalue weighted by atomic mass is 32.2. The quantitative estimate of drug-likeness (QED) is 0.462. The maximum atomic E-state index is 12.1. The third-order valence-corrected chi connectivity index (χ3v) is 5.01. The summed E-state index contributed by atoms with van der Waals surface area (Å²) in [5, 5.41) is 6.57. The van der Waals surface area contributed by atoms with Crippen molar-refractivity contribution in [2.45, 2.75) is 37.8 Å². The van der Waals surface area contributed by atoms with E-state index in [1.807, 2.05) is 51.1 Å². The number of carbonyl (C=O) groups is 2. The predicted molar refractivity (Wildman–Crippen MR) is 118 cm³/mol. The Kier molecular flexibility index (Phi) is 9.24. The van der Waals surface area contributed by atoms with Crippen molar-refractivity contribution in [1.29, 1.82) is 0 Å². The molecule has 0 fully saturated rings. The standard InChI is InChI=1S/C22H27N3O3S/c1-16(2)24-21(26)14-28-20-11-9-18(10-12-20)13-23-25-22(27)17(3)29-15-19-7-5-4-6-8-19/h4-13,16-17H,14-15H2,1-3H3,(H,24,26)(H,25,27)/b23-13-/t17-/m0/s1. The second kappa shape index (κ2) is 11.9. The topological polar surface area (TPSA) is 79.8 Å². The van der Waals surface area contributed by atoms with Crippen LogP contribution in [0.2, 0.25) is 0 Å². The monoisotopic (exact) mass is 413 g/mol. The summed E-state index contributed by atoms with van der Waals surface area (Å²) in [6, 6.07) is 17.2. The van der Waals surface area contributed by atoms with Gasteiger partial charge in [-0.3, -0.25) is 9.59 Å². The highest BCUT2D eigenvalue weighted by Crippen LogP contribution is 2.17. The number of ether oxygens (including phenoxy) is 1. The first kappa shape index (κ1) is 22.5. The summed E-state index contributed by atoms with van der Waals surface area (Å²) in [5.74, 6) is 1.07. The third kappa shape index (κ3) is 8.83. The lowest BCUT2D eigenvalue weighted by atomic mass is 10.2. The van der Waals surface area contributed by atoms with Gasteiger partial charge in [-0.25, -0.2) is 5.43 Å². The lowest BCUT2D eigenvalue weighted by Crippen LogP contribution is -2.34. The normalized spacial score (nSPS) is 12.0. The first-order valence-corrected chi connectivity index (χ1v) is 10.5. The molecule has 2 rings (SSSR count). The molecule has 2 N–H and O–H groups in total. The molecular formula is C22H27N3O3S. The zero-order valence-electron chi connectivity index (χ0n) is 16.9. The fraction of sp³-hybridized carbons (Fsp3) is 0.318. The van der Waals surface area contributed by atoms with Crippen LogP contribution in [-0.4, -0.2) is 35.9 Å². The number of nitrogens with one attached hydrogen (secondary N) is 2. The number of hydrogen-bond donors (Lipinski definition) is 2. The zero-order valence-corrected chi connectivity index (χ0v) is 17.7. The number of carbonyl (C=O) groups excluding carboxylic acids is 2. The first-order valence-electron chi connectivity index (χ1n) is 9.44. The van der Waals surface area contributed by atoms with E-state index < -0.39 is 0 Å². The highest BCUT2D eigenvalue weighted by Gasteiger charge is 2.12. The van der Waals surface area contributed by atoms with Crippen LogP contribution in [0.4, 0.5) is 0 Å². The van der Waals surface area contributed by atoms with Crippen LogP contribution in [0.3, 0.4) is 0 Å². The average Bonchev–Trinajstić information content (AvgIpc) is 2.71. The molecule has 0 saturated heterocycles. The Hall–Kier alpha value is -2.80. The number of hydrazone groups is 1. The van der Waals surface area contributed by atoms with Crippen molar-refractivity contribution in [3.8, 4) is 5.75 Å². The van der Waals surface area contributed by atoms with Crippen molar-refractivity contribution in [2.24, 2.45) is 5.10 Å². The van der Waals surface area contributed by atoms with Gasteiger partial charge in [-0.1, -0.05) is 30.3 Å². The molecule has 0 radical (unpaired) electrons. The molecule has 29 heavy (non-hydrogen) atoms. The van der Waals surface area contributed by atoms with Gasteiger partial charge in [-0.05, 0) is 56.2 Å². The molecule has 7 heteroatoms. The van der Waals surface area contributed by atoms with Gasteiger partial charge in [-0.15, -0.1) is 11.8 Å². The summed E-state index contributed by atoms with van der Waals surface area (Å²) in [7, 11) is 0. The van der Waals surface area contributed by atoms with Crippen LogP contribution < -0.4 is 15.5 Å². The van der Waals surface area contributed by atoms with Crippen molar-refractivity contribution in [3.63, 3.8) is 0 Å². The van der Waals surface area contributed by atoms with E-state index >= 15 is 0 Å². The van der Waals surface area contributed by atoms with E-state index in [2.05, 4.69) is 15.8 Å². The van der Waals surface area contributed by atoms with E-state index in [9.17, 15) is 9.59 Å². The average molecular weight is 414 g/mol. The Morgan fingerprint density at radius 2 is 1.76 bits per heavy atom. The SMILES string of the molecule is CC(C)NC(=O)COc1ccc(/C=N\NC(=O)[C@H](C)SCc2ccccc2)cc1. The van der Waals surface area contributed by atoms with E-state index in [0.29, 0.717) is 5.75 Å². The van der Waals surface area contributed by atoms with Crippen molar-refractivity contribution in [1.82, 2.24) is 10.7 Å². The smallest absolute Gasteiger partial charge is 0.258 e. The van der Waals surface area contributed by atoms with Crippen LogP contribution in [-0.2, 0) is 15.3 Å². The molecule has 0 spiro atoms. The van der Waals surface area contributed by atoms with Crippen LogP contribution in [0.1, 0.15) is 31.9 Å². The second-order valence-electron chi connectivity index (χ2n) is 6.75. The minimum Gasteiger partial charge on any atom is -0.484 e. The fourth-order valence-corrected chi connectivity index (χ4v) is 3.13. The van der Waals surface area contributed by atoms with Crippen molar-refractivity contribution in [2.75, 3.05) is 6.61 Å². The van der Waals surface area contributed by atoms with E-state index in [1.54, 1.807) is 42.2 Å². The Morgan fingerprint density at radius 1 is 1.07 bits per heavy atom. The summed E-state index contributed by atoms with van der Waals surface area (Å²) in [6.07, 6.45) is 1.57. The third-order valence-electron chi connectivity index (χ3n) is 3.80. The summed E-state index contributed by atoms with van der Waals surface area (Å²) in [6.45, 7) is 5.63. The van der Waals surface area contributed by atoms with Crippen molar-refractivity contribution < 1.29 is 14.3 Å². The van der Waals surface area contributed by atoms with Gasteiger partial charge in [-0.2, -0.15) is 5.10 Å². The van der Waals surface area contributed by atoms with Crippen LogP contribution >= 0.6 is 11.8 Å². The molecule has 0 aliphatic rings. The van der Waals surface area contributed by atoms with Gasteiger partial charge < -0.3 is 10.1 Å². The summed E-state index contributed by atoms with van der Waals surface area (Å²) in [4.78, 5) is 23.7. The summed E-state index contributed by atoms with van der Waals surface area (Å²) < 4.78 is 5.43. The molecule has 0 aliphatic carbocycles. The number of rotatable bonds is 10. The Balaban J connectivity index is 1.73. The van der Waals surface area contributed by atoms with Crippen LogP contribution in [0.5, 0.6) is 5.75 Å². The van der Waals surface area contributed by atoms with Crippen molar-refractivity contribution >= 4 is 29.8 Å². The van der Waals surface area contributed by atoms with E-state index in [-0.39, 0.29) is 29.7 Å². The molecule has 2 amide bonds. The molecule has 0 aromatic heterocycles. The molecule has 1 atom stereocenters. The van der Waals surface area contributed by atoms with Gasteiger partial charge in [0, 0.05) is 11.8 Å². The fourth-order valence-electron chi connectivity index (χ4n) is 2.30. The van der Waals surface area contributed by atoms with Gasteiger partial charge >= 0.3 is 0 Å². The number of benzene rings is 2. The minimum atomic E-state index is -0.208. The van der Waals surface area contributed by atoms with Crippen LogP contribution in [0.15, 0.2) is 59.7 Å². The number of nitrogens with zero attached hydrogens (tertiary/aromatic N) is 1. The zero-order chi connectivity index (χ0) is 21.1. The maximum absolute atomic E-state index is 12.1. The van der Waals surface area contributed by atoms with Gasteiger partial charge in [0.1, 0.15) is 5.75 Å². The maximum Gasteiger partial charge on any atom is 0.258 e. The van der Waals surface area contributed by atoms with E-state index in [4.69, 9.17) is 4.74 Å². The highest BCUT2D eigenvalue weighted by molar-refractivity contribution is 7.99. The first-order chi connectivity index (χ1) is 13.9. The second-order valence-corrected chi connectivity index (χ2v) is 8.08. The van der Waals surface area contributed by atoms with Crippen LogP contribution in [0, 0.1) is 0 Å². The van der Waals surface area contributed by atoms with E-state index in [0.717, 1.165) is 11.3 Å². The number of amides is 2. The molecule has 2 aromatic rings. The van der Waals surface area contributed by atoms with E-state index in [1.165, 1.54) is 5.56 Å². The molecule has 0 bridgehead atoms. The van der Waals surface area contributed by atoms with Gasteiger partial charge in [0.2, 0.25) is 0 Å². The number of hydrogen-bond acceptors (Lipinski definition) is 5. The molecule has 0 aliphatic heterocycles. The number of thioether (sulfide) groups is 1. The molecular weight excluding hydrogens is 386 g/mol. The molecule has 6 nitrogen and oxygen atoms in total. The summed E-state index contributed by atoms with van der Waals surface area (Å²) in [5.41, 5.74) is 4.56. The molecule has 154 valence electrons. The Bertz CT molecular complexity index is 808. The lowest BCUT2D eigenvalue weighted by molar-refractivity contribution is -0.123. The largest absolute Gasteiger partial charge is 0.484 e. The van der Waals surface area contributed by atoms with Gasteiger partial charge in [0.15, 0.2) is 6.61 Å². The minimum absolute atomic E-state index is 0.0276.